The van der Waals surface area contributed by atoms with Gasteiger partial charge in [-0.15, -0.1) is 0 Å². The van der Waals surface area contributed by atoms with Crippen molar-refractivity contribution in [3.63, 3.8) is 0 Å². The molecule has 1 aliphatic heterocycles. The summed E-state index contributed by atoms with van der Waals surface area (Å²) >= 11 is 0. The van der Waals surface area contributed by atoms with E-state index in [1.54, 1.807) is 24.3 Å². The fraction of sp³-hybridized carbons (Fsp3) is 0.235. The smallest absolute Gasteiger partial charge is 0.534 e. The number of benzene rings is 2. The Morgan fingerprint density at radius 3 is 2.88 bits per heavy atom. The summed E-state index contributed by atoms with van der Waals surface area (Å²) in [5.41, 5.74) is 6.62. The number of fused-ring (bicyclic) bond motifs is 1. The Labute approximate surface area is 150 Å². The molecule has 0 aromatic heterocycles. The van der Waals surface area contributed by atoms with E-state index in [4.69, 9.17) is 15.1 Å². The lowest BCUT2D eigenvalue weighted by atomic mass is 9.72. The number of aromatic carboxylic acids is 1. The van der Waals surface area contributed by atoms with Gasteiger partial charge in [0.25, 0.3) is 0 Å². The van der Waals surface area contributed by atoms with E-state index in [-0.39, 0.29) is 23.7 Å². The molecule has 0 bridgehead atoms. The van der Waals surface area contributed by atoms with Gasteiger partial charge in [0, 0.05) is 18.3 Å². The molecular weight excluding hydrogens is 339 g/mol. The Bertz CT molecular complexity index is 816. The predicted molar refractivity (Wildman–Crippen MR) is 95.8 cm³/mol. The maximum atomic E-state index is 11.3. The number of carboxylic acid groups (broad SMARTS) is 1. The van der Waals surface area contributed by atoms with Gasteiger partial charge in [0.05, 0.1) is 11.5 Å². The molecule has 1 atom stereocenters. The normalized spacial score (nSPS) is 15.8. The number of nitrogens with one attached hydrogen (secondary N) is 1. The maximum absolute atomic E-state index is 11.3. The first kappa shape index (κ1) is 17.9. The highest BCUT2D eigenvalue weighted by Gasteiger charge is 2.36. The summed E-state index contributed by atoms with van der Waals surface area (Å²) in [5.74, 6) is -1.18. The zero-order valence-corrected chi connectivity index (χ0v) is 13.9. The number of carbonyl (C=O) groups is 1. The minimum absolute atomic E-state index is 0.0130. The number of phenols is 1. The van der Waals surface area contributed by atoms with Crippen LogP contribution >= 0.6 is 0 Å². The first-order valence-electron chi connectivity index (χ1n) is 8.12. The maximum Gasteiger partial charge on any atom is 0.546 e. The van der Waals surface area contributed by atoms with Crippen LogP contribution in [-0.2, 0) is 6.42 Å². The van der Waals surface area contributed by atoms with Crippen molar-refractivity contribution in [2.45, 2.75) is 12.4 Å². The molecule has 3 rings (SSSR count). The summed E-state index contributed by atoms with van der Waals surface area (Å²) in [4.78, 5) is 11.3. The number of carboxylic acids is 1. The molecule has 0 saturated carbocycles. The van der Waals surface area contributed by atoms with Crippen molar-refractivity contribution in [3.8, 4) is 17.2 Å². The third kappa shape index (κ3) is 3.68. The molecule has 0 amide bonds. The van der Waals surface area contributed by atoms with Crippen LogP contribution in [0.15, 0.2) is 36.4 Å². The number of phenolic OH excluding ortho intramolecular Hbond substituents is 1. The van der Waals surface area contributed by atoms with Crippen LogP contribution < -0.4 is 20.4 Å². The minimum Gasteiger partial charge on any atom is -0.534 e. The average Bonchev–Trinajstić information content (AvgIpc) is 2.61. The molecule has 1 heterocycles. The number of nitrogens with two attached hydrogens (primary N) is 1. The lowest BCUT2D eigenvalue weighted by Gasteiger charge is -2.29. The van der Waals surface area contributed by atoms with Gasteiger partial charge in [0.15, 0.2) is 11.5 Å². The van der Waals surface area contributed by atoms with E-state index in [2.05, 4.69) is 5.32 Å². The predicted octanol–water partition coefficient (Wildman–Crippen LogP) is 0.863. The van der Waals surface area contributed by atoms with Gasteiger partial charge in [0.2, 0.25) is 0 Å². The number of aromatic hydroxyl groups is 1. The Morgan fingerprint density at radius 1 is 1.38 bits per heavy atom. The number of hydrogen-bond acceptors (Lipinski definition) is 7. The van der Waals surface area contributed by atoms with Crippen molar-refractivity contribution < 1.29 is 29.4 Å². The van der Waals surface area contributed by atoms with Gasteiger partial charge in [-0.1, -0.05) is 12.1 Å². The van der Waals surface area contributed by atoms with Crippen LogP contribution in [0, 0.1) is 0 Å². The first-order chi connectivity index (χ1) is 12.5. The molecule has 0 radical (unpaired) electrons. The monoisotopic (exact) mass is 358 g/mol. The van der Waals surface area contributed by atoms with Crippen molar-refractivity contribution in [1.82, 2.24) is 0 Å². The molecule has 8 nitrogen and oxygen atoms in total. The lowest BCUT2D eigenvalue weighted by molar-refractivity contribution is 0.0694. The quantitative estimate of drug-likeness (QED) is 0.480. The number of para-hydroxylation sites is 1. The Kier molecular flexibility index (Phi) is 5.20. The fourth-order valence-corrected chi connectivity index (χ4v) is 2.83. The van der Waals surface area contributed by atoms with Gasteiger partial charge in [-0.2, -0.15) is 0 Å². The Morgan fingerprint density at radius 2 is 2.19 bits per heavy atom. The molecule has 0 saturated heterocycles. The first-order valence-corrected chi connectivity index (χ1v) is 8.12. The summed E-state index contributed by atoms with van der Waals surface area (Å²) < 4.78 is 10.7. The van der Waals surface area contributed by atoms with Crippen LogP contribution in [0.2, 0.25) is 0 Å². The number of hydrogen-bond donors (Lipinski definition) is 5. The van der Waals surface area contributed by atoms with Crippen LogP contribution in [-0.4, -0.2) is 47.4 Å². The molecule has 136 valence electrons. The molecule has 0 unspecified atom stereocenters. The van der Waals surface area contributed by atoms with Crippen LogP contribution in [0.4, 0.5) is 5.69 Å². The summed E-state index contributed by atoms with van der Waals surface area (Å²) in [5, 5.41) is 32.6. The third-order valence-electron chi connectivity index (χ3n) is 4.04. The summed E-state index contributed by atoms with van der Waals surface area (Å²) in [7, 11) is -1.24. The number of anilines is 1. The van der Waals surface area contributed by atoms with E-state index in [0.29, 0.717) is 30.0 Å². The van der Waals surface area contributed by atoms with E-state index in [0.717, 1.165) is 0 Å². The molecule has 0 spiro atoms. The third-order valence-corrected chi connectivity index (χ3v) is 4.04. The fourth-order valence-electron chi connectivity index (χ4n) is 2.83. The van der Waals surface area contributed by atoms with Crippen LogP contribution in [0.1, 0.15) is 15.9 Å². The largest absolute Gasteiger partial charge is 0.546 e. The second kappa shape index (κ2) is 7.55. The van der Waals surface area contributed by atoms with E-state index < -0.39 is 19.0 Å². The summed E-state index contributed by atoms with van der Waals surface area (Å²) in [6, 6.07) is 9.59. The molecule has 6 N–H and O–H groups in total. The zero-order chi connectivity index (χ0) is 18.7. The summed E-state index contributed by atoms with van der Waals surface area (Å²) in [6.45, 7) is 0.626. The molecule has 0 fully saturated rings. The van der Waals surface area contributed by atoms with Crippen LogP contribution in [0.25, 0.3) is 0 Å². The van der Waals surface area contributed by atoms with Crippen LogP contribution in [0.3, 0.4) is 0 Å². The van der Waals surface area contributed by atoms with E-state index in [9.17, 15) is 20.0 Å². The van der Waals surface area contributed by atoms with Gasteiger partial charge < -0.3 is 35.7 Å². The molecule has 2 aromatic carbocycles. The van der Waals surface area contributed by atoms with Crippen molar-refractivity contribution in [3.05, 3.63) is 47.5 Å². The second-order valence-electron chi connectivity index (χ2n) is 5.88. The SMILES string of the molecule is NCCOc1ccc(N[C@H]2Cc3cccc(C(=O)O)c3OB2O)cc1O. The highest BCUT2D eigenvalue weighted by atomic mass is 16.5. The van der Waals surface area contributed by atoms with Gasteiger partial charge >= 0.3 is 13.1 Å². The Balaban J connectivity index is 1.76. The molecule has 26 heavy (non-hydrogen) atoms. The highest BCUT2D eigenvalue weighted by molar-refractivity contribution is 6.47. The molecular formula is C17H19BN2O6. The molecule has 1 aliphatic rings. The summed E-state index contributed by atoms with van der Waals surface area (Å²) in [6.07, 6.45) is 0.365. The zero-order valence-electron chi connectivity index (χ0n) is 13.9. The standard InChI is InChI=1S/C17H19BN2O6/c19-6-7-25-14-5-4-11(9-13(14)21)20-15-8-10-2-1-3-12(17(22)23)16(10)26-18(15)24/h1-5,9,15,20-21,24H,6-8,19H2,(H,22,23)/t15-/m0/s1. The van der Waals surface area contributed by atoms with Gasteiger partial charge in [-0.3, -0.25) is 0 Å². The Hall–Kier alpha value is -2.91. The number of rotatable bonds is 6. The van der Waals surface area contributed by atoms with Gasteiger partial charge in [0.1, 0.15) is 12.4 Å². The topological polar surface area (TPSA) is 134 Å². The van der Waals surface area contributed by atoms with Crippen molar-refractivity contribution in [2.24, 2.45) is 5.73 Å². The molecule has 9 heteroatoms. The lowest BCUT2D eigenvalue weighted by Crippen LogP contribution is -2.47. The van der Waals surface area contributed by atoms with E-state index >= 15 is 0 Å². The van der Waals surface area contributed by atoms with Crippen molar-refractivity contribution in [1.29, 1.82) is 0 Å². The van der Waals surface area contributed by atoms with Gasteiger partial charge in [-0.05, 0) is 30.2 Å². The van der Waals surface area contributed by atoms with E-state index in [1.165, 1.54) is 12.1 Å². The minimum atomic E-state index is -1.24. The highest BCUT2D eigenvalue weighted by Crippen LogP contribution is 2.33. The van der Waals surface area contributed by atoms with Gasteiger partial charge in [-0.25, -0.2) is 4.79 Å². The van der Waals surface area contributed by atoms with Crippen molar-refractivity contribution in [2.75, 3.05) is 18.5 Å². The number of ether oxygens (including phenoxy) is 1. The molecule has 0 aliphatic carbocycles. The van der Waals surface area contributed by atoms with E-state index in [1.807, 2.05) is 0 Å². The average molecular weight is 358 g/mol. The second-order valence-corrected chi connectivity index (χ2v) is 5.88. The van der Waals surface area contributed by atoms with Crippen molar-refractivity contribution >= 4 is 18.8 Å². The molecule has 2 aromatic rings. The van der Waals surface area contributed by atoms with Crippen LogP contribution in [0.5, 0.6) is 17.2 Å².